The zero-order valence-corrected chi connectivity index (χ0v) is 15.0. The van der Waals surface area contributed by atoms with E-state index in [1.807, 2.05) is 6.92 Å². The first-order valence-electron chi connectivity index (χ1n) is 8.40. The van der Waals surface area contributed by atoms with Crippen molar-refractivity contribution in [3.8, 4) is 0 Å². The van der Waals surface area contributed by atoms with E-state index in [9.17, 15) is 9.59 Å². The highest BCUT2D eigenvalue weighted by Gasteiger charge is 2.27. The van der Waals surface area contributed by atoms with Crippen LogP contribution in [0.3, 0.4) is 0 Å². The lowest BCUT2D eigenvalue weighted by Crippen LogP contribution is -2.36. The molecule has 0 aromatic rings. The molecule has 0 bridgehead atoms. The summed E-state index contributed by atoms with van der Waals surface area (Å²) >= 11 is 0. The largest absolute Gasteiger partial charge is 0.356 e. The first kappa shape index (κ1) is 20.1. The van der Waals surface area contributed by atoms with Gasteiger partial charge in [-0.15, -0.1) is 0 Å². The summed E-state index contributed by atoms with van der Waals surface area (Å²) in [5.41, 5.74) is 0.411. The zero-order valence-electron chi connectivity index (χ0n) is 15.0. The Morgan fingerprint density at radius 3 is 2.05 bits per heavy atom. The molecule has 3 heteroatoms. The van der Waals surface area contributed by atoms with Gasteiger partial charge in [-0.25, -0.2) is 0 Å². The molecule has 0 aliphatic carbocycles. The van der Waals surface area contributed by atoms with E-state index in [1.54, 1.807) is 0 Å². The van der Waals surface area contributed by atoms with Crippen LogP contribution in [0.15, 0.2) is 0 Å². The number of carbonyl (C=O) groups excluding carboxylic acids is 2. The molecule has 0 fully saturated rings. The van der Waals surface area contributed by atoms with E-state index in [0.29, 0.717) is 37.6 Å². The van der Waals surface area contributed by atoms with Gasteiger partial charge in [-0.05, 0) is 30.1 Å². The Morgan fingerprint density at radius 2 is 1.52 bits per heavy atom. The van der Waals surface area contributed by atoms with Gasteiger partial charge in [0.25, 0.3) is 0 Å². The summed E-state index contributed by atoms with van der Waals surface area (Å²) in [6.45, 7) is 13.9. The fourth-order valence-electron chi connectivity index (χ4n) is 2.76. The van der Waals surface area contributed by atoms with Crippen LogP contribution in [0.1, 0.15) is 86.5 Å². The lowest BCUT2D eigenvalue weighted by atomic mass is 9.73. The van der Waals surface area contributed by atoms with Gasteiger partial charge in [0.2, 0.25) is 5.91 Å². The van der Waals surface area contributed by atoms with Crippen LogP contribution in [-0.4, -0.2) is 18.2 Å². The minimum absolute atomic E-state index is 0.0710. The lowest BCUT2D eigenvalue weighted by molar-refractivity contribution is -0.122. The van der Waals surface area contributed by atoms with Gasteiger partial charge in [0.15, 0.2) is 0 Å². The number of ketones is 1. The van der Waals surface area contributed by atoms with E-state index in [2.05, 4.69) is 39.9 Å². The maximum absolute atomic E-state index is 11.8. The smallest absolute Gasteiger partial charge is 0.220 e. The minimum Gasteiger partial charge on any atom is -0.356 e. The average Bonchev–Trinajstić information content (AvgIpc) is 2.36. The summed E-state index contributed by atoms with van der Waals surface area (Å²) < 4.78 is 0. The normalized spacial score (nSPS) is 12.3. The third-order valence-electron chi connectivity index (χ3n) is 4.07. The van der Waals surface area contributed by atoms with Crippen LogP contribution >= 0.6 is 0 Å². The van der Waals surface area contributed by atoms with Gasteiger partial charge in [0, 0.05) is 25.8 Å². The second-order valence-electron chi connectivity index (χ2n) is 7.78. The molecule has 0 saturated heterocycles. The van der Waals surface area contributed by atoms with Crippen molar-refractivity contribution < 1.29 is 9.59 Å². The van der Waals surface area contributed by atoms with Crippen molar-refractivity contribution in [2.75, 3.05) is 6.54 Å². The minimum atomic E-state index is 0.0710. The molecule has 124 valence electrons. The third-order valence-corrected chi connectivity index (χ3v) is 4.07. The van der Waals surface area contributed by atoms with Crippen molar-refractivity contribution in [1.82, 2.24) is 5.32 Å². The van der Waals surface area contributed by atoms with Gasteiger partial charge in [-0.1, -0.05) is 48.0 Å². The molecule has 0 radical (unpaired) electrons. The lowest BCUT2D eigenvalue weighted by Gasteiger charge is -2.34. The molecular weight excluding hydrogens is 262 g/mol. The van der Waals surface area contributed by atoms with Crippen molar-refractivity contribution in [3.63, 3.8) is 0 Å². The summed E-state index contributed by atoms with van der Waals surface area (Å²) in [6.07, 6.45) is 5.44. The Bertz CT molecular complexity index is 332. The van der Waals surface area contributed by atoms with E-state index in [-0.39, 0.29) is 17.1 Å². The van der Waals surface area contributed by atoms with Crippen molar-refractivity contribution >= 4 is 11.7 Å². The number of amides is 1. The number of rotatable bonds is 11. The van der Waals surface area contributed by atoms with Gasteiger partial charge in [-0.3, -0.25) is 9.59 Å². The Labute approximate surface area is 131 Å². The standard InChI is InChI=1S/C18H35NO2/c1-7-10-15(20)11-9-12-16(21)19-14-18(5,6)13-17(3,4)8-2/h7-14H2,1-6H3,(H,19,21). The molecule has 0 saturated carbocycles. The molecule has 1 N–H and O–H groups in total. The maximum Gasteiger partial charge on any atom is 0.220 e. The summed E-state index contributed by atoms with van der Waals surface area (Å²) in [5.74, 6) is 0.344. The fraction of sp³-hybridized carbons (Fsp3) is 0.889. The van der Waals surface area contributed by atoms with Crippen LogP contribution in [0.5, 0.6) is 0 Å². The number of hydrogen-bond acceptors (Lipinski definition) is 2. The SMILES string of the molecule is CCCC(=O)CCCC(=O)NCC(C)(C)CC(C)(C)CC. The molecule has 0 rings (SSSR count). The van der Waals surface area contributed by atoms with E-state index >= 15 is 0 Å². The van der Waals surface area contributed by atoms with E-state index in [1.165, 1.54) is 0 Å². The molecular formula is C18H35NO2. The van der Waals surface area contributed by atoms with Crippen LogP contribution in [0.4, 0.5) is 0 Å². The highest BCUT2D eigenvalue weighted by Crippen LogP contribution is 2.35. The second kappa shape index (κ2) is 9.22. The van der Waals surface area contributed by atoms with Crippen molar-refractivity contribution in [2.24, 2.45) is 10.8 Å². The zero-order chi connectivity index (χ0) is 16.5. The average molecular weight is 297 g/mol. The first-order chi connectivity index (χ1) is 9.62. The topological polar surface area (TPSA) is 46.2 Å². The number of hydrogen-bond donors (Lipinski definition) is 1. The van der Waals surface area contributed by atoms with E-state index < -0.39 is 0 Å². The molecule has 0 heterocycles. The molecule has 0 atom stereocenters. The third kappa shape index (κ3) is 10.5. The number of carbonyl (C=O) groups is 2. The Kier molecular flexibility index (Phi) is 8.84. The molecule has 1 amide bonds. The van der Waals surface area contributed by atoms with Gasteiger partial charge in [-0.2, -0.15) is 0 Å². The molecule has 0 aromatic heterocycles. The Balaban J connectivity index is 3.99. The Hall–Kier alpha value is -0.860. The number of nitrogens with one attached hydrogen (secondary N) is 1. The summed E-state index contributed by atoms with van der Waals surface area (Å²) in [5, 5.41) is 3.03. The Morgan fingerprint density at radius 1 is 0.905 bits per heavy atom. The monoisotopic (exact) mass is 297 g/mol. The van der Waals surface area contributed by atoms with Crippen LogP contribution in [0, 0.1) is 10.8 Å². The molecule has 0 unspecified atom stereocenters. The van der Waals surface area contributed by atoms with Crippen molar-refractivity contribution in [2.45, 2.75) is 86.5 Å². The molecule has 0 aliphatic rings. The summed E-state index contributed by atoms with van der Waals surface area (Å²) in [7, 11) is 0. The van der Waals surface area contributed by atoms with Gasteiger partial charge in [0.05, 0.1) is 0 Å². The predicted octanol–water partition coefficient (Wildman–Crippen LogP) is 4.49. The second-order valence-corrected chi connectivity index (χ2v) is 7.78. The quantitative estimate of drug-likeness (QED) is 0.610. The van der Waals surface area contributed by atoms with Crippen LogP contribution in [0.25, 0.3) is 0 Å². The van der Waals surface area contributed by atoms with E-state index in [0.717, 1.165) is 19.3 Å². The van der Waals surface area contributed by atoms with Gasteiger partial charge in [0.1, 0.15) is 5.78 Å². The molecule has 3 nitrogen and oxygen atoms in total. The van der Waals surface area contributed by atoms with Crippen molar-refractivity contribution in [3.05, 3.63) is 0 Å². The maximum atomic E-state index is 11.8. The highest BCUT2D eigenvalue weighted by atomic mass is 16.1. The fourth-order valence-corrected chi connectivity index (χ4v) is 2.76. The van der Waals surface area contributed by atoms with E-state index in [4.69, 9.17) is 0 Å². The van der Waals surface area contributed by atoms with Crippen LogP contribution < -0.4 is 5.32 Å². The summed E-state index contributed by atoms with van der Waals surface area (Å²) in [4.78, 5) is 23.2. The molecule has 21 heavy (non-hydrogen) atoms. The van der Waals surface area contributed by atoms with Crippen LogP contribution in [-0.2, 0) is 9.59 Å². The molecule has 0 spiro atoms. The number of Topliss-reactive ketones (excluding diaryl/α,β-unsaturated/α-hetero) is 1. The first-order valence-corrected chi connectivity index (χ1v) is 8.40. The highest BCUT2D eigenvalue weighted by molar-refractivity contribution is 5.80. The molecule has 0 aromatic carbocycles. The summed E-state index contributed by atoms with van der Waals surface area (Å²) in [6, 6.07) is 0. The van der Waals surface area contributed by atoms with Crippen LogP contribution in [0.2, 0.25) is 0 Å². The van der Waals surface area contributed by atoms with Gasteiger partial charge < -0.3 is 5.32 Å². The molecule has 0 aliphatic heterocycles. The van der Waals surface area contributed by atoms with Crippen molar-refractivity contribution in [1.29, 1.82) is 0 Å². The predicted molar refractivity (Wildman–Crippen MR) is 89.2 cm³/mol. The van der Waals surface area contributed by atoms with Gasteiger partial charge >= 0.3 is 0 Å².